The van der Waals surface area contributed by atoms with Gasteiger partial charge in [-0.2, -0.15) is 0 Å². The number of hydrogen-bond donors (Lipinski definition) is 1. The van der Waals surface area contributed by atoms with Gasteiger partial charge in [0.05, 0.1) is 15.9 Å². The lowest BCUT2D eigenvalue weighted by molar-refractivity contribution is -0.385. The van der Waals surface area contributed by atoms with Crippen molar-refractivity contribution in [2.45, 2.75) is 13.5 Å². The van der Waals surface area contributed by atoms with Crippen molar-refractivity contribution in [2.75, 3.05) is 5.32 Å². The van der Waals surface area contributed by atoms with Crippen molar-refractivity contribution in [3.63, 3.8) is 0 Å². The van der Waals surface area contributed by atoms with Crippen LogP contribution in [0.4, 0.5) is 11.5 Å². The molecule has 18 heavy (non-hydrogen) atoms. The van der Waals surface area contributed by atoms with Crippen molar-refractivity contribution < 1.29 is 4.92 Å². The molecule has 5 nitrogen and oxygen atoms in total. The predicted octanol–water partition coefficient (Wildman–Crippen LogP) is 3.73. The molecule has 2 rings (SSSR count). The van der Waals surface area contributed by atoms with E-state index in [1.54, 1.807) is 11.3 Å². The van der Waals surface area contributed by atoms with E-state index in [1.165, 1.54) is 22.0 Å². The first-order chi connectivity index (χ1) is 8.56. The van der Waals surface area contributed by atoms with Gasteiger partial charge in [0, 0.05) is 15.8 Å². The molecule has 1 N–H and O–H groups in total. The molecule has 0 aromatic carbocycles. The van der Waals surface area contributed by atoms with Crippen LogP contribution in [0.2, 0.25) is 0 Å². The first-order valence-electron chi connectivity index (χ1n) is 5.15. The second kappa shape index (κ2) is 5.45. The number of aromatic nitrogens is 1. The number of nitrogens with one attached hydrogen (secondary N) is 1. The molecule has 2 heterocycles. The zero-order valence-electron chi connectivity index (χ0n) is 9.51. The number of aryl methyl sites for hydroxylation is 1. The fourth-order valence-electron chi connectivity index (χ4n) is 1.41. The molecular formula is C11H10BrN3O2S. The second-order valence-corrected chi connectivity index (χ2v) is 5.87. The van der Waals surface area contributed by atoms with Gasteiger partial charge in [0.25, 0.3) is 5.69 Å². The zero-order valence-corrected chi connectivity index (χ0v) is 11.9. The van der Waals surface area contributed by atoms with E-state index in [9.17, 15) is 10.1 Å². The molecule has 0 bridgehead atoms. The highest BCUT2D eigenvalue weighted by Crippen LogP contribution is 2.25. The van der Waals surface area contributed by atoms with E-state index in [4.69, 9.17) is 0 Å². The molecule has 0 saturated carbocycles. The van der Waals surface area contributed by atoms with Crippen molar-refractivity contribution in [3.8, 4) is 0 Å². The SMILES string of the molecule is Cc1ccc(CNc2ncc([N+](=O)[O-])cc2Br)s1. The average molecular weight is 328 g/mol. The molecule has 0 radical (unpaired) electrons. The van der Waals surface area contributed by atoms with E-state index < -0.39 is 4.92 Å². The topological polar surface area (TPSA) is 68.1 Å². The van der Waals surface area contributed by atoms with E-state index in [-0.39, 0.29) is 5.69 Å². The Balaban J connectivity index is 2.08. The van der Waals surface area contributed by atoms with Gasteiger partial charge in [-0.3, -0.25) is 10.1 Å². The third kappa shape index (κ3) is 3.05. The average Bonchev–Trinajstić information content (AvgIpc) is 2.73. The molecule has 0 unspecified atom stereocenters. The highest BCUT2D eigenvalue weighted by molar-refractivity contribution is 9.10. The highest BCUT2D eigenvalue weighted by atomic mass is 79.9. The summed E-state index contributed by atoms with van der Waals surface area (Å²) in [6.45, 7) is 2.70. The monoisotopic (exact) mass is 327 g/mol. The lowest BCUT2D eigenvalue weighted by atomic mass is 10.4. The molecule has 0 aliphatic rings. The second-order valence-electron chi connectivity index (χ2n) is 3.65. The highest BCUT2D eigenvalue weighted by Gasteiger charge is 2.10. The van der Waals surface area contributed by atoms with Gasteiger partial charge >= 0.3 is 0 Å². The number of hydrogen-bond acceptors (Lipinski definition) is 5. The summed E-state index contributed by atoms with van der Waals surface area (Å²) in [4.78, 5) is 16.6. The Kier molecular flexibility index (Phi) is 3.93. The normalized spacial score (nSPS) is 10.3. The zero-order chi connectivity index (χ0) is 13.1. The number of thiophene rings is 1. The first-order valence-corrected chi connectivity index (χ1v) is 6.76. The van der Waals surface area contributed by atoms with Crippen LogP contribution < -0.4 is 5.32 Å². The van der Waals surface area contributed by atoms with Crippen LogP contribution in [0.5, 0.6) is 0 Å². The summed E-state index contributed by atoms with van der Waals surface area (Å²) in [5, 5.41) is 13.7. The van der Waals surface area contributed by atoms with Crippen LogP contribution >= 0.6 is 27.3 Å². The van der Waals surface area contributed by atoms with Gasteiger partial charge in [-0.25, -0.2) is 4.98 Å². The van der Waals surface area contributed by atoms with Crippen molar-refractivity contribution in [2.24, 2.45) is 0 Å². The Hall–Kier alpha value is -1.47. The summed E-state index contributed by atoms with van der Waals surface area (Å²) in [6, 6.07) is 5.54. The van der Waals surface area contributed by atoms with Gasteiger partial charge in [-0.05, 0) is 35.0 Å². The quantitative estimate of drug-likeness (QED) is 0.686. The minimum Gasteiger partial charge on any atom is -0.364 e. The number of nitro groups is 1. The number of anilines is 1. The lowest BCUT2D eigenvalue weighted by Crippen LogP contribution is -2.01. The molecule has 2 aromatic heterocycles. The van der Waals surface area contributed by atoms with Crippen LogP contribution in [0.25, 0.3) is 0 Å². The third-order valence-corrected chi connectivity index (χ3v) is 3.87. The maximum atomic E-state index is 10.6. The van der Waals surface area contributed by atoms with Gasteiger partial charge in [-0.15, -0.1) is 11.3 Å². The Labute approximate surface area is 116 Å². The van der Waals surface area contributed by atoms with Gasteiger partial charge < -0.3 is 5.32 Å². The molecular weight excluding hydrogens is 318 g/mol. The van der Waals surface area contributed by atoms with Gasteiger partial charge in [-0.1, -0.05) is 0 Å². The van der Waals surface area contributed by atoms with Crippen LogP contribution in [0, 0.1) is 17.0 Å². The van der Waals surface area contributed by atoms with Crippen molar-refractivity contribution in [1.82, 2.24) is 4.98 Å². The van der Waals surface area contributed by atoms with E-state index in [0.717, 1.165) is 0 Å². The van der Waals surface area contributed by atoms with Crippen LogP contribution in [-0.2, 0) is 6.54 Å². The summed E-state index contributed by atoms with van der Waals surface area (Å²) in [7, 11) is 0. The smallest absolute Gasteiger partial charge is 0.288 e. The van der Waals surface area contributed by atoms with Crippen LogP contribution in [0.1, 0.15) is 9.75 Å². The van der Waals surface area contributed by atoms with E-state index >= 15 is 0 Å². The van der Waals surface area contributed by atoms with Crippen molar-refractivity contribution in [3.05, 3.63) is 48.7 Å². The van der Waals surface area contributed by atoms with Crippen LogP contribution in [-0.4, -0.2) is 9.91 Å². The summed E-state index contributed by atoms with van der Waals surface area (Å²) in [6.07, 6.45) is 1.24. The molecule has 7 heteroatoms. The molecule has 0 saturated heterocycles. The molecule has 2 aromatic rings. The largest absolute Gasteiger partial charge is 0.364 e. The Bertz CT molecular complexity index is 585. The predicted molar refractivity (Wildman–Crippen MR) is 75.0 cm³/mol. The van der Waals surface area contributed by atoms with E-state index in [2.05, 4.69) is 32.3 Å². The standard InChI is InChI=1S/C11H10BrN3O2S/c1-7-2-3-9(18-7)6-14-11-10(12)4-8(5-13-11)15(16)17/h2-5H,6H2,1H3,(H,13,14). The maximum absolute atomic E-state index is 10.6. The fraction of sp³-hybridized carbons (Fsp3) is 0.182. The summed E-state index contributed by atoms with van der Waals surface area (Å²) < 4.78 is 0.588. The van der Waals surface area contributed by atoms with Crippen LogP contribution in [0.3, 0.4) is 0 Å². The summed E-state index contributed by atoms with van der Waals surface area (Å²) in [5.41, 5.74) is -0.0283. The number of rotatable bonds is 4. The summed E-state index contributed by atoms with van der Waals surface area (Å²) >= 11 is 4.98. The maximum Gasteiger partial charge on any atom is 0.288 e. The minimum atomic E-state index is -0.468. The first kappa shape index (κ1) is 13.0. The minimum absolute atomic E-state index is 0.0283. The summed E-state index contributed by atoms with van der Waals surface area (Å²) in [5.74, 6) is 0.603. The van der Waals surface area contributed by atoms with Crippen LogP contribution in [0.15, 0.2) is 28.9 Å². The molecule has 0 atom stereocenters. The van der Waals surface area contributed by atoms with Gasteiger partial charge in [0.1, 0.15) is 12.0 Å². The Morgan fingerprint density at radius 1 is 1.56 bits per heavy atom. The number of nitrogens with zero attached hydrogens (tertiary/aromatic N) is 2. The van der Waals surface area contributed by atoms with Crippen molar-refractivity contribution >= 4 is 38.8 Å². The third-order valence-electron chi connectivity index (χ3n) is 2.26. The fourth-order valence-corrected chi connectivity index (χ4v) is 2.72. The molecule has 0 amide bonds. The van der Waals surface area contributed by atoms with Gasteiger partial charge in [0.15, 0.2) is 0 Å². The molecule has 0 aliphatic carbocycles. The van der Waals surface area contributed by atoms with Gasteiger partial charge in [0.2, 0.25) is 0 Å². The molecule has 94 valence electrons. The Morgan fingerprint density at radius 3 is 2.89 bits per heavy atom. The Morgan fingerprint density at radius 2 is 2.33 bits per heavy atom. The van der Waals surface area contributed by atoms with E-state index in [0.29, 0.717) is 16.8 Å². The number of halogens is 1. The molecule has 0 aliphatic heterocycles. The molecule has 0 fully saturated rings. The lowest BCUT2D eigenvalue weighted by Gasteiger charge is -2.05. The van der Waals surface area contributed by atoms with E-state index in [1.807, 2.05) is 13.0 Å². The number of pyridine rings is 1. The van der Waals surface area contributed by atoms with Crippen molar-refractivity contribution in [1.29, 1.82) is 0 Å². The molecule has 0 spiro atoms.